The number of nitriles is 1. The van der Waals surface area contributed by atoms with Crippen molar-refractivity contribution in [1.29, 1.82) is 5.26 Å². The molecule has 2 aromatic carbocycles. The van der Waals surface area contributed by atoms with Gasteiger partial charge in [0.25, 0.3) is 5.91 Å². The lowest BCUT2D eigenvalue weighted by molar-refractivity contribution is -0.152. The summed E-state index contributed by atoms with van der Waals surface area (Å²) in [6.45, 7) is 0. The first-order valence-corrected chi connectivity index (χ1v) is 8.32. The number of nitrogens with one attached hydrogen (secondary N) is 2. The number of hydrogen-bond donors (Lipinski definition) is 2. The molecule has 1 aromatic heterocycles. The summed E-state index contributed by atoms with van der Waals surface area (Å²) in [4.78, 5) is 50.8. The number of nitrogens with zero attached hydrogens (tertiary/aromatic N) is 3. The van der Waals surface area contributed by atoms with E-state index in [2.05, 4.69) is 15.2 Å². The highest BCUT2D eigenvalue weighted by Crippen LogP contribution is 2.19. The Bertz CT molecular complexity index is 1200. The quantitative estimate of drug-likeness (QED) is 0.474. The maximum absolute atomic E-state index is 13.0. The summed E-state index contributed by atoms with van der Waals surface area (Å²) in [5, 5.41) is 14.3. The third-order valence-electron chi connectivity index (χ3n) is 4.15. The van der Waals surface area contributed by atoms with Crippen LogP contribution in [0.1, 0.15) is 0 Å². The van der Waals surface area contributed by atoms with E-state index in [-0.39, 0.29) is 11.4 Å². The lowest BCUT2D eigenvalue weighted by Crippen LogP contribution is -2.55. The number of para-hydroxylation sites is 2. The largest absolute Gasteiger partial charge is 0.466 e. The normalized spacial score (nSPS) is 12.4. The van der Waals surface area contributed by atoms with Crippen LogP contribution >= 0.6 is 0 Å². The van der Waals surface area contributed by atoms with E-state index in [1.807, 2.05) is 0 Å². The lowest BCUT2D eigenvalue weighted by Gasteiger charge is -2.22. The molecule has 0 saturated heterocycles. The predicted molar refractivity (Wildman–Crippen MR) is 101 cm³/mol. The predicted octanol–water partition coefficient (Wildman–Crippen LogP) is 0.358. The van der Waals surface area contributed by atoms with Gasteiger partial charge in [0.15, 0.2) is 0 Å². The zero-order chi connectivity index (χ0) is 21.0. The minimum atomic E-state index is -2.79. The van der Waals surface area contributed by atoms with Gasteiger partial charge in [-0.25, -0.2) is 24.0 Å². The van der Waals surface area contributed by atoms with Crippen LogP contribution in [0.5, 0.6) is 0 Å². The maximum atomic E-state index is 13.0. The van der Waals surface area contributed by atoms with Crippen LogP contribution in [-0.2, 0) is 19.9 Å². The van der Waals surface area contributed by atoms with Crippen LogP contribution in [0.15, 0.2) is 70.3 Å². The first kappa shape index (κ1) is 19.4. The van der Waals surface area contributed by atoms with E-state index in [0.717, 1.165) is 7.11 Å². The standard InChI is InChI=1S/C19H15N5O5/c1-29-16(26)19(12-20,15(25)21-13-8-4-2-5-9-13)24-18(28)23(17(27)22-24)14-10-6-3-7-11-14/h2-11H,1H3,(H,21,25)(H,22,27). The molecule has 0 aliphatic heterocycles. The zero-order valence-corrected chi connectivity index (χ0v) is 15.2. The van der Waals surface area contributed by atoms with Crippen molar-refractivity contribution in [3.05, 3.63) is 81.6 Å². The van der Waals surface area contributed by atoms with Crippen molar-refractivity contribution in [2.24, 2.45) is 0 Å². The van der Waals surface area contributed by atoms with Crippen LogP contribution in [-0.4, -0.2) is 33.3 Å². The molecule has 2 N–H and O–H groups in total. The van der Waals surface area contributed by atoms with Crippen molar-refractivity contribution in [3.8, 4) is 11.8 Å². The lowest BCUT2D eigenvalue weighted by atomic mass is 10.0. The molecule has 10 nitrogen and oxygen atoms in total. The Morgan fingerprint density at radius 2 is 1.66 bits per heavy atom. The summed E-state index contributed by atoms with van der Waals surface area (Å²) in [7, 11) is 0.960. The van der Waals surface area contributed by atoms with Crippen molar-refractivity contribution in [3.63, 3.8) is 0 Å². The molecule has 0 aliphatic rings. The van der Waals surface area contributed by atoms with Gasteiger partial charge in [-0.05, 0) is 24.3 Å². The average molecular weight is 393 g/mol. The molecule has 3 aromatic rings. The van der Waals surface area contributed by atoms with Crippen LogP contribution in [0, 0.1) is 11.3 Å². The van der Waals surface area contributed by atoms with Gasteiger partial charge in [-0.1, -0.05) is 36.4 Å². The molecule has 1 atom stereocenters. The highest BCUT2D eigenvalue weighted by Gasteiger charge is 2.53. The number of aromatic amines is 1. The van der Waals surface area contributed by atoms with Gasteiger partial charge in [0.05, 0.1) is 12.8 Å². The summed E-state index contributed by atoms with van der Waals surface area (Å²) in [6.07, 6.45) is 0. The summed E-state index contributed by atoms with van der Waals surface area (Å²) < 4.78 is 5.68. The first-order chi connectivity index (χ1) is 14.0. The number of hydrogen-bond acceptors (Lipinski definition) is 6. The molecule has 1 amide bonds. The van der Waals surface area contributed by atoms with Gasteiger partial charge in [-0.15, -0.1) is 0 Å². The monoisotopic (exact) mass is 393 g/mol. The summed E-state index contributed by atoms with van der Waals surface area (Å²) in [5.41, 5.74) is -4.34. The van der Waals surface area contributed by atoms with Crippen LogP contribution in [0.3, 0.4) is 0 Å². The van der Waals surface area contributed by atoms with Crippen LogP contribution < -0.4 is 16.7 Å². The molecule has 146 valence electrons. The molecule has 3 rings (SSSR count). The number of aromatic nitrogens is 3. The number of rotatable bonds is 5. The Labute approximate surface area is 163 Å². The fourth-order valence-corrected chi connectivity index (χ4v) is 2.74. The molecule has 0 saturated carbocycles. The van der Waals surface area contributed by atoms with Gasteiger partial charge in [-0.3, -0.25) is 4.79 Å². The molecule has 1 unspecified atom stereocenters. The number of H-pyrrole nitrogens is 1. The molecule has 0 bridgehead atoms. The number of anilines is 1. The third-order valence-corrected chi connectivity index (χ3v) is 4.15. The minimum absolute atomic E-state index is 0.192. The number of methoxy groups -OCH3 is 1. The van der Waals surface area contributed by atoms with Crippen molar-refractivity contribution in [2.75, 3.05) is 12.4 Å². The van der Waals surface area contributed by atoms with Crippen LogP contribution in [0.4, 0.5) is 5.69 Å². The molecular formula is C19H15N5O5. The van der Waals surface area contributed by atoms with Crippen molar-refractivity contribution >= 4 is 17.6 Å². The van der Waals surface area contributed by atoms with Crippen molar-refractivity contribution in [1.82, 2.24) is 14.3 Å². The fourth-order valence-electron chi connectivity index (χ4n) is 2.74. The van der Waals surface area contributed by atoms with E-state index in [9.17, 15) is 24.4 Å². The Kier molecular flexibility index (Phi) is 5.14. The molecule has 0 fully saturated rings. The highest BCUT2D eigenvalue weighted by atomic mass is 16.5. The summed E-state index contributed by atoms with van der Waals surface area (Å²) in [5.74, 6) is -2.50. The Balaban J connectivity index is 2.20. The molecule has 0 spiro atoms. The maximum Gasteiger partial charge on any atom is 0.358 e. The number of amides is 1. The highest BCUT2D eigenvalue weighted by molar-refractivity contribution is 6.13. The van der Waals surface area contributed by atoms with Gasteiger partial charge < -0.3 is 10.1 Å². The molecule has 1 heterocycles. The molecule has 0 aliphatic carbocycles. The van der Waals surface area contributed by atoms with E-state index in [4.69, 9.17) is 0 Å². The average Bonchev–Trinajstić information content (AvgIpc) is 3.04. The third kappa shape index (κ3) is 3.21. The topological polar surface area (TPSA) is 139 Å². The number of ether oxygens (including phenoxy) is 1. The van der Waals surface area contributed by atoms with Gasteiger partial charge in [0.1, 0.15) is 6.07 Å². The summed E-state index contributed by atoms with van der Waals surface area (Å²) in [6, 6.07) is 17.4. The number of carbonyl (C=O) groups is 2. The second-order valence-electron chi connectivity index (χ2n) is 5.84. The van der Waals surface area contributed by atoms with Gasteiger partial charge >= 0.3 is 22.9 Å². The zero-order valence-electron chi connectivity index (χ0n) is 15.2. The van der Waals surface area contributed by atoms with Gasteiger partial charge in [0, 0.05) is 5.69 Å². The molecule has 10 heteroatoms. The summed E-state index contributed by atoms with van der Waals surface area (Å²) >= 11 is 0. The second kappa shape index (κ2) is 7.69. The van der Waals surface area contributed by atoms with E-state index in [1.54, 1.807) is 36.4 Å². The number of esters is 1. The van der Waals surface area contributed by atoms with E-state index >= 15 is 0 Å². The number of benzene rings is 2. The van der Waals surface area contributed by atoms with E-state index < -0.39 is 28.8 Å². The van der Waals surface area contributed by atoms with Crippen molar-refractivity contribution < 1.29 is 14.3 Å². The van der Waals surface area contributed by atoms with Crippen LogP contribution in [0.25, 0.3) is 5.69 Å². The second-order valence-corrected chi connectivity index (χ2v) is 5.84. The number of carbonyl (C=O) groups excluding carboxylic acids is 2. The molecular weight excluding hydrogens is 378 g/mol. The molecule has 29 heavy (non-hydrogen) atoms. The Morgan fingerprint density at radius 3 is 2.21 bits per heavy atom. The van der Waals surface area contributed by atoms with Crippen LogP contribution in [0.2, 0.25) is 0 Å². The Morgan fingerprint density at radius 1 is 1.07 bits per heavy atom. The Hall–Kier alpha value is -4.39. The van der Waals surface area contributed by atoms with Gasteiger partial charge in [-0.2, -0.15) is 9.94 Å². The fraction of sp³-hybridized carbons (Fsp3) is 0.105. The minimum Gasteiger partial charge on any atom is -0.466 e. The molecule has 0 radical (unpaired) electrons. The van der Waals surface area contributed by atoms with E-state index in [1.165, 1.54) is 30.3 Å². The first-order valence-electron chi connectivity index (χ1n) is 8.32. The van der Waals surface area contributed by atoms with E-state index in [0.29, 0.717) is 9.25 Å². The SMILES string of the molecule is COC(=O)C(C#N)(C(=O)Nc1ccccc1)n1[nH]c(=O)n(-c2ccccc2)c1=O. The smallest absolute Gasteiger partial charge is 0.358 e. The van der Waals surface area contributed by atoms with Crippen molar-refractivity contribution in [2.45, 2.75) is 5.54 Å². The van der Waals surface area contributed by atoms with Gasteiger partial charge in [0.2, 0.25) is 0 Å².